The summed E-state index contributed by atoms with van der Waals surface area (Å²) in [4.78, 5) is 18.9. The largest absolute Gasteiger partial charge is 0.337 e. The maximum absolute atomic E-state index is 13.1. The van der Waals surface area contributed by atoms with E-state index in [0.717, 1.165) is 39.2 Å². The number of hydrogen-bond donors (Lipinski definition) is 2. The van der Waals surface area contributed by atoms with Crippen molar-refractivity contribution in [3.8, 4) is 0 Å². The molecule has 2 amide bonds. The maximum Gasteiger partial charge on any atom is 0.319 e. The lowest BCUT2D eigenvalue weighted by molar-refractivity contribution is 0.251. The van der Waals surface area contributed by atoms with Gasteiger partial charge in [-0.1, -0.05) is 58.2 Å². The minimum atomic E-state index is -0.133. The topological polar surface area (TPSA) is 54.0 Å². The Hall–Kier alpha value is -1.66. The SMILES string of the molecule is CCCCCC(CNC(=O)Nc1c(SCC)cc(C)nc1SCC)c1cccc2c1CCCC2. The van der Waals surface area contributed by atoms with Crippen molar-refractivity contribution in [3.63, 3.8) is 0 Å². The van der Waals surface area contributed by atoms with Gasteiger partial charge >= 0.3 is 6.03 Å². The summed E-state index contributed by atoms with van der Waals surface area (Å²) in [5.74, 6) is 2.23. The van der Waals surface area contributed by atoms with Gasteiger partial charge in [0, 0.05) is 23.1 Å². The number of hydrogen-bond acceptors (Lipinski definition) is 4. The van der Waals surface area contributed by atoms with Crippen LogP contribution in [0, 0.1) is 6.92 Å². The molecule has 2 aromatic rings. The standard InChI is InChI=1S/C28H41N3OS2/c1-5-8-9-14-22(24-17-12-15-21-13-10-11-16-23(21)24)19-29-28(32)31-26-25(33-6-2)18-20(4)30-27(26)34-7-3/h12,15,17-18,22H,5-11,13-14,16,19H2,1-4H3,(H2,29,31,32). The normalized spacial score (nSPS) is 13.9. The number of aryl methyl sites for hydroxylation is 2. The molecule has 1 aliphatic carbocycles. The monoisotopic (exact) mass is 499 g/mol. The Labute approximate surface area is 214 Å². The Morgan fingerprint density at radius 1 is 1.09 bits per heavy atom. The van der Waals surface area contributed by atoms with E-state index >= 15 is 0 Å². The highest BCUT2D eigenvalue weighted by Crippen LogP contribution is 2.36. The third-order valence-corrected chi connectivity index (χ3v) is 8.21. The molecule has 1 aliphatic rings. The van der Waals surface area contributed by atoms with E-state index in [1.54, 1.807) is 29.1 Å². The van der Waals surface area contributed by atoms with Crippen molar-refractivity contribution >= 4 is 35.2 Å². The first-order valence-electron chi connectivity index (χ1n) is 13.0. The highest BCUT2D eigenvalue weighted by atomic mass is 32.2. The van der Waals surface area contributed by atoms with Crippen molar-refractivity contribution < 1.29 is 4.79 Å². The molecule has 0 aliphatic heterocycles. The molecule has 0 saturated carbocycles. The van der Waals surface area contributed by atoms with Crippen molar-refractivity contribution in [2.75, 3.05) is 23.4 Å². The molecule has 0 saturated heterocycles. The Morgan fingerprint density at radius 3 is 2.65 bits per heavy atom. The number of fused-ring (bicyclic) bond motifs is 1. The van der Waals surface area contributed by atoms with Crippen molar-refractivity contribution in [1.82, 2.24) is 10.3 Å². The smallest absolute Gasteiger partial charge is 0.319 e. The van der Waals surface area contributed by atoms with E-state index in [4.69, 9.17) is 4.98 Å². The number of urea groups is 1. The van der Waals surface area contributed by atoms with Crippen LogP contribution in [-0.4, -0.2) is 29.1 Å². The molecule has 1 atom stereocenters. The summed E-state index contributed by atoms with van der Waals surface area (Å²) in [7, 11) is 0. The molecule has 1 aromatic carbocycles. The van der Waals surface area contributed by atoms with E-state index in [2.05, 4.69) is 55.7 Å². The number of unbranched alkanes of at least 4 members (excludes halogenated alkanes) is 2. The highest BCUT2D eigenvalue weighted by Gasteiger charge is 2.21. The molecule has 3 rings (SSSR count). The Kier molecular flexibility index (Phi) is 11.1. The van der Waals surface area contributed by atoms with Gasteiger partial charge in [-0.05, 0) is 73.3 Å². The summed E-state index contributed by atoms with van der Waals surface area (Å²) in [6, 6.07) is 8.76. The second-order valence-electron chi connectivity index (χ2n) is 9.03. The van der Waals surface area contributed by atoms with Gasteiger partial charge < -0.3 is 10.6 Å². The molecule has 1 unspecified atom stereocenters. The quantitative estimate of drug-likeness (QED) is 0.230. The van der Waals surface area contributed by atoms with Crippen LogP contribution in [0.3, 0.4) is 0 Å². The predicted molar refractivity (Wildman–Crippen MR) is 149 cm³/mol. The van der Waals surface area contributed by atoms with Crippen LogP contribution in [0.2, 0.25) is 0 Å². The van der Waals surface area contributed by atoms with Crippen LogP contribution in [0.25, 0.3) is 0 Å². The number of nitrogens with one attached hydrogen (secondary N) is 2. The Morgan fingerprint density at radius 2 is 1.88 bits per heavy atom. The van der Waals surface area contributed by atoms with E-state index in [1.807, 2.05) is 6.92 Å². The number of carbonyl (C=O) groups is 1. The van der Waals surface area contributed by atoms with E-state index < -0.39 is 0 Å². The van der Waals surface area contributed by atoms with Gasteiger partial charge in [0.25, 0.3) is 0 Å². The van der Waals surface area contributed by atoms with Crippen molar-refractivity contribution in [1.29, 1.82) is 0 Å². The lowest BCUT2D eigenvalue weighted by atomic mass is 9.82. The van der Waals surface area contributed by atoms with Crippen molar-refractivity contribution in [3.05, 3.63) is 46.6 Å². The van der Waals surface area contributed by atoms with Crippen LogP contribution in [0.4, 0.5) is 10.5 Å². The fraction of sp³-hybridized carbons (Fsp3) is 0.571. The zero-order valence-electron chi connectivity index (χ0n) is 21.3. The van der Waals surface area contributed by atoms with E-state index in [9.17, 15) is 4.79 Å². The number of amides is 2. The van der Waals surface area contributed by atoms with Crippen LogP contribution in [0.5, 0.6) is 0 Å². The molecule has 4 nitrogen and oxygen atoms in total. The average Bonchev–Trinajstić information content (AvgIpc) is 2.83. The van der Waals surface area contributed by atoms with E-state index in [1.165, 1.54) is 56.1 Å². The molecule has 0 bridgehead atoms. The zero-order valence-corrected chi connectivity index (χ0v) is 23.0. The number of nitrogens with zero attached hydrogens (tertiary/aromatic N) is 1. The number of carbonyl (C=O) groups excluding carboxylic acids is 1. The molecule has 0 spiro atoms. The van der Waals surface area contributed by atoms with Crippen molar-refractivity contribution in [2.24, 2.45) is 0 Å². The fourth-order valence-electron chi connectivity index (χ4n) is 4.82. The first kappa shape index (κ1) is 26.9. The predicted octanol–water partition coefficient (Wildman–Crippen LogP) is 7.98. The molecule has 34 heavy (non-hydrogen) atoms. The first-order valence-corrected chi connectivity index (χ1v) is 15.0. The maximum atomic E-state index is 13.1. The van der Waals surface area contributed by atoms with Gasteiger partial charge in [-0.2, -0.15) is 0 Å². The molecule has 1 heterocycles. The molecule has 2 N–H and O–H groups in total. The molecule has 186 valence electrons. The number of anilines is 1. The minimum Gasteiger partial charge on any atom is -0.337 e. The molecule has 6 heteroatoms. The van der Waals surface area contributed by atoms with Gasteiger partial charge in [-0.15, -0.1) is 23.5 Å². The summed E-state index contributed by atoms with van der Waals surface area (Å²) in [5, 5.41) is 7.29. The molecular formula is C28H41N3OS2. The molecule has 0 radical (unpaired) electrons. The molecule has 1 aromatic heterocycles. The summed E-state index contributed by atoms with van der Waals surface area (Å²) in [6.45, 7) is 9.19. The third kappa shape index (κ3) is 7.42. The summed E-state index contributed by atoms with van der Waals surface area (Å²) < 4.78 is 0. The summed E-state index contributed by atoms with van der Waals surface area (Å²) in [6.07, 6.45) is 9.69. The number of benzene rings is 1. The second-order valence-corrected chi connectivity index (χ2v) is 11.6. The third-order valence-electron chi connectivity index (χ3n) is 6.43. The van der Waals surface area contributed by atoms with Crippen molar-refractivity contribution in [2.45, 2.75) is 94.9 Å². The molecular weight excluding hydrogens is 458 g/mol. The van der Waals surface area contributed by atoms with Gasteiger partial charge in [-0.25, -0.2) is 9.78 Å². The first-order chi connectivity index (χ1) is 16.6. The average molecular weight is 500 g/mol. The van der Waals surface area contributed by atoms with Gasteiger partial charge in [0.1, 0.15) is 5.03 Å². The number of pyridine rings is 1. The van der Waals surface area contributed by atoms with Gasteiger partial charge in [0.2, 0.25) is 0 Å². The van der Waals surface area contributed by atoms with Gasteiger partial charge in [-0.3, -0.25) is 0 Å². The second kappa shape index (κ2) is 14.0. The van der Waals surface area contributed by atoms with E-state index in [0.29, 0.717) is 12.5 Å². The van der Waals surface area contributed by atoms with E-state index in [-0.39, 0.29) is 6.03 Å². The van der Waals surface area contributed by atoms with Gasteiger partial charge in [0.15, 0.2) is 0 Å². The molecule has 0 fully saturated rings. The summed E-state index contributed by atoms with van der Waals surface area (Å²) >= 11 is 3.43. The highest BCUT2D eigenvalue weighted by molar-refractivity contribution is 8.00. The lowest BCUT2D eigenvalue weighted by Gasteiger charge is -2.26. The minimum absolute atomic E-state index is 0.133. The number of aromatic nitrogens is 1. The zero-order chi connectivity index (χ0) is 24.3. The Balaban J connectivity index is 1.76. The number of thioether (sulfide) groups is 2. The van der Waals surface area contributed by atoms with Crippen LogP contribution in [0.15, 0.2) is 34.2 Å². The fourth-order valence-corrected chi connectivity index (χ4v) is 6.53. The van der Waals surface area contributed by atoms with Crippen LogP contribution >= 0.6 is 23.5 Å². The number of rotatable bonds is 12. The van der Waals surface area contributed by atoms with Crippen LogP contribution < -0.4 is 10.6 Å². The van der Waals surface area contributed by atoms with Gasteiger partial charge in [0.05, 0.1) is 5.69 Å². The lowest BCUT2D eigenvalue weighted by Crippen LogP contribution is -2.33. The van der Waals surface area contributed by atoms with Crippen LogP contribution in [-0.2, 0) is 12.8 Å². The Bertz CT molecular complexity index is 920. The summed E-state index contributed by atoms with van der Waals surface area (Å²) in [5.41, 5.74) is 6.35. The van der Waals surface area contributed by atoms with Crippen LogP contribution in [0.1, 0.15) is 87.6 Å².